The first-order valence-corrected chi connectivity index (χ1v) is 10.8. The number of aryl methyl sites for hydroxylation is 2. The highest BCUT2D eigenvalue weighted by molar-refractivity contribution is 5.90. The topological polar surface area (TPSA) is 84.7 Å². The summed E-state index contributed by atoms with van der Waals surface area (Å²) in [6.07, 6.45) is 3.19. The molecule has 3 aromatic rings. The van der Waals surface area contributed by atoms with E-state index in [-0.39, 0.29) is 17.7 Å². The Morgan fingerprint density at radius 3 is 2.50 bits per heavy atom. The van der Waals surface area contributed by atoms with Crippen LogP contribution in [0.5, 0.6) is 0 Å². The molecule has 7 heteroatoms. The lowest BCUT2D eigenvalue weighted by Crippen LogP contribution is -2.37. The van der Waals surface area contributed by atoms with Crippen LogP contribution in [-0.2, 0) is 4.79 Å². The number of nitrogens with one attached hydrogen (secondary N) is 2. The van der Waals surface area contributed by atoms with Crippen LogP contribution in [0.3, 0.4) is 0 Å². The van der Waals surface area contributed by atoms with E-state index >= 15 is 0 Å². The van der Waals surface area contributed by atoms with Crippen molar-refractivity contribution in [3.05, 3.63) is 41.3 Å². The molecule has 0 bridgehead atoms. The van der Waals surface area contributed by atoms with Crippen LogP contribution in [0.4, 0.5) is 5.82 Å². The first-order chi connectivity index (χ1) is 14.4. The molecular weight excluding hydrogens is 376 g/mol. The molecule has 1 aromatic carbocycles. The summed E-state index contributed by atoms with van der Waals surface area (Å²) in [6.45, 7) is 9.41. The Bertz CT molecular complexity index is 1050. The number of hydrogen-bond acceptors (Lipinski definition) is 5. The Kier molecular flexibility index (Phi) is 5.70. The molecule has 2 aromatic heterocycles. The van der Waals surface area contributed by atoms with Crippen LogP contribution in [0, 0.1) is 19.8 Å². The number of carbonyl (C=O) groups excluding carboxylic acids is 1. The zero-order chi connectivity index (χ0) is 21.3. The number of amides is 1. The molecular formula is C23H30N6O. The smallest absolute Gasteiger partial charge is 0.223 e. The average molecular weight is 407 g/mol. The summed E-state index contributed by atoms with van der Waals surface area (Å²) in [6, 6.07) is 8.27. The number of rotatable bonds is 7. The van der Waals surface area contributed by atoms with Gasteiger partial charge in [0, 0.05) is 24.9 Å². The third kappa shape index (κ3) is 4.01. The molecule has 0 atom stereocenters. The Labute approximate surface area is 177 Å². The first kappa shape index (κ1) is 20.3. The summed E-state index contributed by atoms with van der Waals surface area (Å²) >= 11 is 0. The number of carbonyl (C=O) groups is 1. The first-order valence-electron chi connectivity index (χ1n) is 10.8. The maximum atomic E-state index is 12.1. The lowest BCUT2D eigenvalue weighted by molar-refractivity contribution is -0.127. The number of hydrogen-bond donors (Lipinski definition) is 2. The Morgan fingerprint density at radius 2 is 1.87 bits per heavy atom. The van der Waals surface area contributed by atoms with Gasteiger partial charge in [0.2, 0.25) is 5.91 Å². The van der Waals surface area contributed by atoms with Crippen molar-refractivity contribution >= 4 is 22.8 Å². The largest absolute Gasteiger partial charge is 0.368 e. The summed E-state index contributed by atoms with van der Waals surface area (Å²) in [4.78, 5) is 21.7. The molecule has 1 amide bonds. The molecule has 2 heterocycles. The molecule has 0 radical (unpaired) electrons. The van der Waals surface area contributed by atoms with Crippen LogP contribution >= 0.6 is 0 Å². The molecule has 0 spiro atoms. The summed E-state index contributed by atoms with van der Waals surface area (Å²) in [5, 5.41) is 12.1. The highest BCUT2D eigenvalue weighted by Crippen LogP contribution is 2.28. The van der Waals surface area contributed by atoms with E-state index in [1.54, 1.807) is 0 Å². The summed E-state index contributed by atoms with van der Waals surface area (Å²) in [5.74, 6) is 2.12. The van der Waals surface area contributed by atoms with Gasteiger partial charge in [-0.05, 0) is 38.8 Å². The Balaban J connectivity index is 1.61. The van der Waals surface area contributed by atoms with E-state index in [1.165, 1.54) is 5.56 Å². The van der Waals surface area contributed by atoms with Crippen molar-refractivity contribution in [3.63, 3.8) is 0 Å². The van der Waals surface area contributed by atoms with Crippen molar-refractivity contribution in [2.24, 2.45) is 5.92 Å². The maximum Gasteiger partial charge on any atom is 0.223 e. The van der Waals surface area contributed by atoms with Gasteiger partial charge in [0.25, 0.3) is 0 Å². The molecule has 0 saturated heterocycles. The van der Waals surface area contributed by atoms with Crippen molar-refractivity contribution in [2.75, 3.05) is 18.4 Å². The Hall–Kier alpha value is -2.96. The van der Waals surface area contributed by atoms with Gasteiger partial charge in [-0.1, -0.05) is 38.0 Å². The second-order valence-electron chi connectivity index (χ2n) is 8.46. The van der Waals surface area contributed by atoms with Crippen molar-refractivity contribution < 1.29 is 4.79 Å². The lowest BCUT2D eigenvalue weighted by atomic mass is 9.85. The fourth-order valence-electron chi connectivity index (χ4n) is 3.63. The third-order valence-corrected chi connectivity index (χ3v) is 5.71. The van der Waals surface area contributed by atoms with Gasteiger partial charge in [0.15, 0.2) is 5.65 Å². The zero-order valence-electron chi connectivity index (χ0n) is 18.2. The van der Waals surface area contributed by atoms with Crippen molar-refractivity contribution in [1.29, 1.82) is 0 Å². The molecule has 0 unspecified atom stereocenters. The van der Waals surface area contributed by atoms with E-state index in [2.05, 4.69) is 55.7 Å². The van der Waals surface area contributed by atoms with Crippen LogP contribution in [-0.4, -0.2) is 38.7 Å². The van der Waals surface area contributed by atoms with Gasteiger partial charge in [-0.15, -0.1) is 0 Å². The quantitative estimate of drug-likeness (QED) is 0.582. The molecule has 0 aliphatic heterocycles. The van der Waals surface area contributed by atoms with Crippen molar-refractivity contribution in [1.82, 2.24) is 25.1 Å². The van der Waals surface area contributed by atoms with Gasteiger partial charge < -0.3 is 10.6 Å². The molecule has 1 fully saturated rings. The van der Waals surface area contributed by atoms with E-state index in [4.69, 9.17) is 15.1 Å². The van der Waals surface area contributed by atoms with E-state index < -0.39 is 0 Å². The molecule has 1 aliphatic rings. The molecule has 158 valence electrons. The molecule has 1 saturated carbocycles. The van der Waals surface area contributed by atoms with E-state index in [0.717, 1.165) is 53.3 Å². The number of nitrogens with zero attached hydrogens (tertiary/aromatic N) is 4. The SMILES string of the molecule is Cc1ccc(-n2nc(C)c3c(NCCNC(=O)C4CCC4)nc(C(C)C)nc32)cc1. The van der Waals surface area contributed by atoms with Crippen molar-refractivity contribution in [3.8, 4) is 5.69 Å². The van der Waals surface area contributed by atoms with Crippen LogP contribution in [0.1, 0.15) is 56.1 Å². The predicted molar refractivity (Wildman–Crippen MR) is 119 cm³/mol. The third-order valence-electron chi connectivity index (χ3n) is 5.71. The van der Waals surface area contributed by atoms with E-state index in [0.29, 0.717) is 13.1 Å². The highest BCUT2D eigenvalue weighted by Gasteiger charge is 2.24. The zero-order valence-corrected chi connectivity index (χ0v) is 18.2. The fourth-order valence-corrected chi connectivity index (χ4v) is 3.63. The second kappa shape index (κ2) is 8.42. The van der Waals surface area contributed by atoms with E-state index in [9.17, 15) is 4.79 Å². The van der Waals surface area contributed by atoms with Crippen LogP contribution in [0.15, 0.2) is 24.3 Å². The monoisotopic (exact) mass is 406 g/mol. The van der Waals surface area contributed by atoms with Crippen LogP contribution < -0.4 is 10.6 Å². The van der Waals surface area contributed by atoms with Crippen LogP contribution in [0.25, 0.3) is 16.7 Å². The molecule has 7 nitrogen and oxygen atoms in total. The van der Waals surface area contributed by atoms with Gasteiger partial charge in [0.1, 0.15) is 11.6 Å². The predicted octanol–water partition coefficient (Wildman–Crippen LogP) is 3.88. The fraction of sp³-hybridized carbons (Fsp3) is 0.478. The minimum atomic E-state index is 0.169. The van der Waals surface area contributed by atoms with Gasteiger partial charge in [-0.3, -0.25) is 4.79 Å². The number of aromatic nitrogens is 4. The van der Waals surface area contributed by atoms with Crippen LogP contribution in [0.2, 0.25) is 0 Å². The normalized spacial score (nSPS) is 14.2. The number of fused-ring (bicyclic) bond motifs is 1. The summed E-state index contributed by atoms with van der Waals surface area (Å²) in [5.41, 5.74) is 3.86. The van der Waals surface area contributed by atoms with Gasteiger partial charge in [0.05, 0.1) is 16.8 Å². The summed E-state index contributed by atoms with van der Waals surface area (Å²) in [7, 11) is 0. The van der Waals surface area contributed by atoms with Crippen molar-refractivity contribution in [2.45, 2.75) is 52.9 Å². The van der Waals surface area contributed by atoms with Gasteiger partial charge in [-0.25, -0.2) is 14.6 Å². The average Bonchev–Trinajstić information content (AvgIpc) is 3.01. The highest BCUT2D eigenvalue weighted by atomic mass is 16.1. The number of benzene rings is 1. The molecule has 4 rings (SSSR count). The Morgan fingerprint density at radius 1 is 1.13 bits per heavy atom. The molecule has 1 aliphatic carbocycles. The summed E-state index contributed by atoms with van der Waals surface area (Å²) < 4.78 is 1.89. The second-order valence-corrected chi connectivity index (χ2v) is 8.46. The molecule has 30 heavy (non-hydrogen) atoms. The minimum absolute atomic E-state index is 0.169. The van der Waals surface area contributed by atoms with Gasteiger partial charge in [-0.2, -0.15) is 5.10 Å². The number of anilines is 1. The van der Waals surface area contributed by atoms with Gasteiger partial charge >= 0.3 is 0 Å². The van der Waals surface area contributed by atoms with E-state index in [1.807, 2.05) is 11.6 Å². The standard InChI is InChI=1S/C23H30N6O/c1-14(2)20-26-21(24-12-13-25-23(30)17-6-5-7-17)19-16(4)28-29(22(19)27-20)18-10-8-15(3)9-11-18/h8-11,14,17H,5-7,12-13H2,1-4H3,(H,25,30)(H,24,26,27). The lowest BCUT2D eigenvalue weighted by Gasteiger charge is -2.24. The maximum absolute atomic E-state index is 12.1. The minimum Gasteiger partial charge on any atom is -0.368 e. The molecule has 2 N–H and O–H groups in total.